The second-order valence-electron chi connectivity index (χ2n) is 6.03. The lowest BCUT2D eigenvalue weighted by Gasteiger charge is -2.10. The molecule has 2 aromatic rings. The summed E-state index contributed by atoms with van der Waals surface area (Å²) in [5.41, 5.74) is 8.01. The lowest BCUT2D eigenvalue weighted by molar-refractivity contribution is -0.115. The second-order valence-corrected chi connectivity index (χ2v) is 6.03. The molecule has 0 bridgehead atoms. The van der Waals surface area contributed by atoms with Crippen LogP contribution in [0.2, 0.25) is 0 Å². The van der Waals surface area contributed by atoms with Crippen molar-refractivity contribution in [3.8, 4) is 5.75 Å². The van der Waals surface area contributed by atoms with E-state index in [2.05, 4.69) is 19.2 Å². The van der Waals surface area contributed by atoms with Gasteiger partial charge in [-0.15, -0.1) is 12.4 Å². The summed E-state index contributed by atoms with van der Waals surface area (Å²) in [6.07, 6.45) is 1.33. The Balaban J connectivity index is 0.00000288. The molecule has 4 nitrogen and oxygen atoms in total. The molecule has 0 saturated heterocycles. The highest BCUT2D eigenvalue weighted by molar-refractivity contribution is 5.92. The number of nitrogens with two attached hydrogens (primary N) is 1. The molecule has 0 aliphatic heterocycles. The number of benzene rings is 2. The molecule has 0 aliphatic rings. The average Bonchev–Trinajstić information content (AvgIpc) is 2.49. The van der Waals surface area contributed by atoms with Crippen LogP contribution < -0.4 is 15.8 Å². The van der Waals surface area contributed by atoms with Crippen molar-refractivity contribution in [2.75, 3.05) is 17.7 Å². The van der Waals surface area contributed by atoms with Gasteiger partial charge in [-0.05, 0) is 42.2 Å². The summed E-state index contributed by atoms with van der Waals surface area (Å²) in [5.74, 6) is 1.32. The number of ether oxygens (including phenoxy) is 1. The number of carbonyl (C=O) groups excluding carboxylic acids is 1. The third kappa shape index (κ3) is 6.92. The Morgan fingerprint density at radius 1 is 1.17 bits per heavy atom. The van der Waals surface area contributed by atoms with Crippen molar-refractivity contribution in [3.63, 3.8) is 0 Å². The predicted octanol–water partition coefficient (Wildman–Crippen LogP) is 4.30. The Morgan fingerprint density at radius 2 is 1.88 bits per heavy atom. The maximum Gasteiger partial charge on any atom is 0.228 e. The first-order chi connectivity index (χ1) is 11.0. The lowest BCUT2D eigenvalue weighted by Crippen LogP contribution is -2.14. The molecule has 0 spiro atoms. The standard InChI is InChI=1S/C19H24N2O2.ClH/c1-14(2)10-11-23-18-5-3-4-17(13-18)21-19(22)12-15-6-8-16(20)9-7-15;/h3-9,13-14H,10-12,20H2,1-2H3,(H,21,22);1H. The highest BCUT2D eigenvalue weighted by Gasteiger charge is 2.05. The fourth-order valence-electron chi connectivity index (χ4n) is 2.10. The molecule has 3 N–H and O–H groups in total. The highest BCUT2D eigenvalue weighted by atomic mass is 35.5. The van der Waals surface area contributed by atoms with Gasteiger partial charge in [0.05, 0.1) is 13.0 Å². The zero-order chi connectivity index (χ0) is 16.7. The predicted molar refractivity (Wildman–Crippen MR) is 102 cm³/mol. The van der Waals surface area contributed by atoms with E-state index in [0.717, 1.165) is 23.4 Å². The molecular weight excluding hydrogens is 324 g/mol. The van der Waals surface area contributed by atoms with E-state index in [9.17, 15) is 4.79 Å². The van der Waals surface area contributed by atoms with Crippen LogP contribution in [-0.2, 0) is 11.2 Å². The van der Waals surface area contributed by atoms with Crippen LogP contribution in [0.5, 0.6) is 5.75 Å². The Labute approximate surface area is 149 Å². The number of carbonyl (C=O) groups is 1. The SMILES string of the molecule is CC(C)CCOc1cccc(NC(=O)Cc2ccc(N)cc2)c1.Cl. The summed E-state index contributed by atoms with van der Waals surface area (Å²) in [4.78, 5) is 12.1. The van der Waals surface area contributed by atoms with E-state index in [1.165, 1.54) is 0 Å². The van der Waals surface area contributed by atoms with Crippen LogP contribution in [0.1, 0.15) is 25.8 Å². The maximum absolute atomic E-state index is 12.1. The highest BCUT2D eigenvalue weighted by Crippen LogP contribution is 2.18. The van der Waals surface area contributed by atoms with E-state index in [0.29, 0.717) is 24.6 Å². The van der Waals surface area contributed by atoms with Gasteiger partial charge in [-0.1, -0.05) is 32.0 Å². The van der Waals surface area contributed by atoms with Crippen molar-refractivity contribution in [2.45, 2.75) is 26.7 Å². The zero-order valence-corrected chi connectivity index (χ0v) is 14.9. The summed E-state index contributed by atoms with van der Waals surface area (Å²) < 4.78 is 5.71. The monoisotopic (exact) mass is 348 g/mol. The Kier molecular flexibility index (Phi) is 8.13. The normalized spacial score (nSPS) is 10.1. The number of anilines is 2. The van der Waals surface area contributed by atoms with Crippen molar-refractivity contribution in [2.24, 2.45) is 5.92 Å². The van der Waals surface area contributed by atoms with Gasteiger partial charge in [0.2, 0.25) is 5.91 Å². The van der Waals surface area contributed by atoms with Gasteiger partial charge in [0.25, 0.3) is 0 Å². The molecular formula is C19H25ClN2O2. The van der Waals surface area contributed by atoms with Crippen LogP contribution in [0.4, 0.5) is 11.4 Å². The van der Waals surface area contributed by atoms with Gasteiger partial charge in [-0.3, -0.25) is 4.79 Å². The van der Waals surface area contributed by atoms with Crippen LogP contribution in [0.3, 0.4) is 0 Å². The molecule has 24 heavy (non-hydrogen) atoms. The number of hydrogen-bond acceptors (Lipinski definition) is 3. The minimum absolute atomic E-state index is 0. The number of nitrogen functional groups attached to an aromatic ring is 1. The fraction of sp³-hybridized carbons (Fsp3) is 0.316. The second kappa shape index (κ2) is 9.83. The van der Waals surface area contributed by atoms with E-state index in [1.54, 1.807) is 12.1 Å². The van der Waals surface area contributed by atoms with Gasteiger partial charge in [-0.25, -0.2) is 0 Å². The first-order valence-corrected chi connectivity index (χ1v) is 7.90. The van der Waals surface area contributed by atoms with Crippen LogP contribution >= 0.6 is 12.4 Å². The summed E-state index contributed by atoms with van der Waals surface area (Å²) in [6.45, 7) is 5.01. The molecule has 0 atom stereocenters. The number of halogens is 1. The lowest BCUT2D eigenvalue weighted by atomic mass is 10.1. The summed E-state index contributed by atoms with van der Waals surface area (Å²) in [7, 11) is 0. The number of hydrogen-bond donors (Lipinski definition) is 2. The molecule has 0 aromatic heterocycles. The summed E-state index contributed by atoms with van der Waals surface area (Å²) >= 11 is 0. The molecule has 1 amide bonds. The smallest absolute Gasteiger partial charge is 0.228 e. The Bertz CT molecular complexity index is 642. The van der Waals surface area contributed by atoms with E-state index in [1.807, 2.05) is 36.4 Å². The van der Waals surface area contributed by atoms with Gasteiger partial charge in [-0.2, -0.15) is 0 Å². The third-order valence-electron chi connectivity index (χ3n) is 3.43. The first kappa shape index (κ1) is 19.8. The van der Waals surface area contributed by atoms with Crippen LogP contribution in [0.15, 0.2) is 48.5 Å². The van der Waals surface area contributed by atoms with E-state index in [4.69, 9.17) is 10.5 Å². The van der Waals surface area contributed by atoms with Crippen molar-refractivity contribution in [1.29, 1.82) is 0 Å². The molecule has 0 saturated carbocycles. The first-order valence-electron chi connectivity index (χ1n) is 7.90. The average molecular weight is 349 g/mol. The van der Waals surface area contributed by atoms with Gasteiger partial charge in [0, 0.05) is 17.4 Å². The number of nitrogens with one attached hydrogen (secondary N) is 1. The number of amides is 1. The van der Waals surface area contributed by atoms with Crippen molar-refractivity contribution in [1.82, 2.24) is 0 Å². The Hall–Kier alpha value is -2.20. The molecule has 2 aromatic carbocycles. The van der Waals surface area contributed by atoms with Crippen molar-refractivity contribution >= 4 is 29.7 Å². The molecule has 0 aliphatic carbocycles. The minimum Gasteiger partial charge on any atom is -0.494 e. The molecule has 2 rings (SSSR count). The summed E-state index contributed by atoms with van der Waals surface area (Å²) in [5, 5.41) is 2.89. The zero-order valence-electron chi connectivity index (χ0n) is 14.1. The molecule has 0 radical (unpaired) electrons. The largest absolute Gasteiger partial charge is 0.494 e. The van der Waals surface area contributed by atoms with Crippen molar-refractivity contribution in [3.05, 3.63) is 54.1 Å². The molecule has 0 heterocycles. The van der Waals surface area contributed by atoms with E-state index in [-0.39, 0.29) is 18.3 Å². The minimum atomic E-state index is -0.0610. The number of rotatable bonds is 7. The van der Waals surface area contributed by atoms with Gasteiger partial charge < -0.3 is 15.8 Å². The van der Waals surface area contributed by atoms with Crippen molar-refractivity contribution < 1.29 is 9.53 Å². The van der Waals surface area contributed by atoms with Crippen LogP contribution in [-0.4, -0.2) is 12.5 Å². The van der Waals surface area contributed by atoms with Gasteiger partial charge in [0.15, 0.2) is 0 Å². The van der Waals surface area contributed by atoms with Gasteiger partial charge in [0.1, 0.15) is 5.75 Å². The van der Waals surface area contributed by atoms with Crippen LogP contribution in [0.25, 0.3) is 0 Å². The molecule has 130 valence electrons. The quantitative estimate of drug-likeness (QED) is 0.733. The third-order valence-corrected chi connectivity index (χ3v) is 3.43. The van der Waals surface area contributed by atoms with E-state index < -0.39 is 0 Å². The Morgan fingerprint density at radius 3 is 2.54 bits per heavy atom. The fourth-order valence-corrected chi connectivity index (χ4v) is 2.10. The molecule has 0 fully saturated rings. The van der Waals surface area contributed by atoms with Crippen LogP contribution in [0, 0.1) is 5.92 Å². The summed E-state index contributed by atoms with van der Waals surface area (Å²) in [6, 6.07) is 14.8. The maximum atomic E-state index is 12.1. The van der Waals surface area contributed by atoms with E-state index >= 15 is 0 Å². The topological polar surface area (TPSA) is 64.3 Å². The molecule has 5 heteroatoms. The van der Waals surface area contributed by atoms with Gasteiger partial charge >= 0.3 is 0 Å². The molecule has 0 unspecified atom stereocenters.